The Bertz CT molecular complexity index is 1130. The molecule has 0 radical (unpaired) electrons. The SMILES string of the molecule is COC1=C(CC(C)CC2=C(OC)C(=O)c3ccccc3C2=O)C(=O)c2ccccc2C1=O. The summed E-state index contributed by atoms with van der Waals surface area (Å²) in [4.78, 5) is 51.9. The van der Waals surface area contributed by atoms with Crippen molar-refractivity contribution < 1.29 is 28.7 Å². The van der Waals surface area contributed by atoms with Gasteiger partial charge in [0.2, 0.25) is 11.6 Å². The largest absolute Gasteiger partial charge is 0.492 e. The van der Waals surface area contributed by atoms with Crippen LogP contribution in [0, 0.1) is 5.92 Å². The molecule has 4 rings (SSSR count). The molecule has 0 amide bonds. The molecule has 2 aliphatic rings. The lowest BCUT2D eigenvalue weighted by Gasteiger charge is -2.24. The Hall–Kier alpha value is -3.80. The number of fused-ring (bicyclic) bond motifs is 2. The second kappa shape index (κ2) is 8.38. The van der Waals surface area contributed by atoms with Crippen molar-refractivity contribution in [3.63, 3.8) is 0 Å². The minimum Gasteiger partial charge on any atom is -0.492 e. The maximum Gasteiger partial charge on any atom is 0.228 e. The molecular weight excluding hydrogens is 408 g/mol. The number of hydrogen-bond donors (Lipinski definition) is 0. The number of ether oxygens (including phenoxy) is 2. The Morgan fingerprint density at radius 2 is 0.906 bits per heavy atom. The van der Waals surface area contributed by atoms with Crippen LogP contribution in [0.1, 0.15) is 61.2 Å². The van der Waals surface area contributed by atoms with E-state index in [4.69, 9.17) is 9.47 Å². The molecule has 0 unspecified atom stereocenters. The first-order valence-electron chi connectivity index (χ1n) is 10.3. The monoisotopic (exact) mass is 430 g/mol. The van der Waals surface area contributed by atoms with Crippen molar-refractivity contribution in [1.82, 2.24) is 0 Å². The number of allylic oxidation sites excluding steroid dienone is 4. The molecule has 0 spiro atoms. The molecule has 6 heteroatoms. The lowest BCUT2D eigenvalue weighted by atomic mass is 9.80. The third-order valence-corrected chi connectivity index (χ3v) is 5.85. The lowest BCUT2D eigenvalue weighted by Crippen LogP contribution is -2.26. The van der Waals surface area contributed by atoms with Gasteiger partial charge in [-0.25, -0.2) is 0 Å². The van der Waals surface area contributed by atoms with E-state index in [0.717, 1.165) is 0 Å². The summed E-state index contributed by atoms with van der Waals surface area (Å²) in [5.74, 6) is -1.38. The van der Waals surface area contributed by atoms with E-state index < -0.39 is 0 Å². The van der Waals surface area contributed by atoms with Crippen LogP contribution in [0.15, 0.2) is 71.2 Å². The summed E-state index contributed by atoms with van der Waals surface area (Å²) < 4.78 is 10.6. The van der Waals surface area contributed by atoms with Crippen molar-refractivity contribution in [2.45, 2.75) is 19.8 Å². The molecule has 0 aliphatic heterocycles. The molecule has 0 saturated carbocycles. The molecule has 0 bridgehead atoms. The van der Waals surface area contributed by atoms with Gasteiger partial charge in [-0.1, -0.05) is 55.5 Å². The van der Waals surface area contributed by atoms with E-state index in [1.54, 1.807) is 48.5 Å². The van der Waals surface area contributed by atoms with E-state index in [1.807, 2.05) is 6.92 Å². The first-order valence-corrected chi connectivity index (χ1v) is 10.3. The van der Waals surface area contributed by atoms with E-state index in [1.165, 1.54) is 14.2 Å². The number of ketones is 4. The van der Waals surface area contributed by atoms with Gasteiger partial charge < -0.3 is 9.47 Å². The van der Waals surface area contributed by atoms with Gasteiger partial charge in [-0.05, 0) is 18.8 Å². The standard InChI is InChI=1S/C26H22O6/c1-14(12-19-21(27)15-8-4-6-10-17(15)23(29)25(19)31-2)13-20-22(28)16-9-5-7-11-18(16)24(30)26(20)32-3/h4-11,14H,12-13H2,1-3H3. The number of hydrogen-bond acceptors (Lipinski definition) is 6. The van der Waals surface area contributed by atoms with Crippen LogP contribution in [-0.2, 0) is 9.47 Å². The van der Waals surface area contributed by atoms with Crippen molar-refractivity contribution in [2.24, 2.45) is 5.92 Å². The first kappa shape index (κ1) is 21.4. The maximum atomic E-state index is 13.1. The van der Waals surface area contributed by atoms with Crippen molar-refractivity contribution in [3.05, 3.63) is 93.4 Å². The van der Waals surface area contributed by atoms with E-state index in [9.17, 15) is 19.2 Å². The summed E-state index contributed by atoms with van der Waals surface area (Å²) in [6.07, 6.45) is 0.428. The molecule has 0 fully saturated rings. The van der Waals surface area contributed by atoms with Gasteiger partial charge in [0.1, 0.15) is 0 Å². The molecule has 2 aromatic rings. The summed E-state index contributed by atoms with van der Waals surface area (Å²) >= 11 is 0. The fourth-order valence-electron chi connectivity index (χ4n) is 4.38. The zero-order chi connectivity index (χ0) is 23.0. The zero-order valence-corrected chi connectivity index (χ0v) is 18.1. The molecule has 0 N–H and O–H groups in total. The predicted octanol–water partition coefficient (Wildman–Crippen LogP) is 4.36. The average molecular weight is 430 g/mol. The average Bonchev–Trinajstić information content (AvgIpc) is 2.81. The Morgan fingerprint density at radius 1 is 0.594 bits per heavy atom. The van der Waals surface area contributed by atoms with Crippen LogP contribution in [0.4, 0.5) is 0 Å². The van der Waals surface area contributed by atoms with Crippen LogP contribution in [0.2, 0.25) is 0 Å². The summed E-state index contributed by atoms with van der Waals surface area (Å²) in [6.45, 7) is 1.86. The normalized spacial score (nSPS) is 15.9. The Balaban J connectivity index is 1.65. The van der Waals surface area contributed by atoms with E-state index in [-0.39, 0.29) is 64.6 Å². The number of Topliss-reactive ketones (excluding diaryl/α,β-unsaturated/α-hetero) is 4. The lowest BCUT2D eigenvalue weighted by molar-refractivity contribution is 0.0895. The van der Waals surface area contributed by atoms with E-state index >= 15 is 0 Å². The topological polar surface area (TPSA) is 86.7 Å². The Kier molecular flexibility index (Phi) is 5.61. The fraction of sp³-hybridized carbons (Fsp3) is 0.231. The fourth-order valence-corrected chi connectivity index (χ4v) is 4.38. The van der Waals surface area contributed by atoms with Gasteiger partial charge in [-0.2, -0.15) is 0 Å². The summed E-state index contributed by atoms with van der Waals surface area (Å²) in [5, 5.41) is 0. The number of methoxy groups -OCH3 is 2. The molecule has 0 aromatic heterocycles. The molecule has 6 nitrogen and oxygen atoms in total. The maximum absolute atomic E-state index is 13.1. The molecule has 2 aromatic carbocycles. The Morgan fingerprint density at radius 3 is 1.22 bits per heavy atom. The second-order valence-electron chi connectivity index (χ2n) is 7.94. The molecule has 162 valence electrons. The third-order valence-electron chi connectivity index (χ3n) is 5.85. The van der Waals surface area contributed by atoms with Gasteiger partial charge in [0, 0.05) is 33.4 Å². The van der Waals surface area contributed by atoms with Gasteiger partial charge in [-0.15, -0.1) is 0 Å². The van der Waals surface area contributed by atoms with Crippen LogP contribution in [0.3, 0.4) is 0 Å². The smallest absolute Gasteiger partial charge is 0.228 e. The summed E-state index contributed by atoms with van der Waals surface area (Å²) in [5.41, 5.74) is 1.88. The molecule has 0 heterocycles. The number of rotatable bonds is 6. The number of benzene rings is 2. The highest BCUT2D eigenvalue weighted by atomic mass is 16.5. The van der Waals surface area contributed by atoms with Gasteiger partial charge in [0.15, 0.2) is 23.1 Å². The second-order valence-corrected chi connectivity index (χ2v) is 7.94. The minimum atomic E-state index is -0.334. The van der Waals surface area contributed by atoms with E-state index in [0.29, 0.717) is 22.3 Å². The highest BCUT2D eigenvalue weighted by molar-refractivity contribution is 6.27. The number of carbonyl (C=O) groups excluding carboxylic acids is 4. The van der Waals surface area contributed by atoms with Gasteiger partial charge >= 0.3 is 0 Å². The summed E-state index contributed by atoms with van der Waals surface area (Å²) in [6, 6.07) is 13.3. The van der Waals surface area contributed by atoms with Gasteiger partial charge in [0.25, 0.3) is 0 Å². The third kappa shape index (κ3) is 3.38. The first-order chi connectivity index (χ1) is 15.4. The van der Waals surface area contributed by atoms with Crippen LogP contribution in [-0.4, -0.2) is 37.4 Å². The van der Waals surface area contributed by atoms with Crippen molar-refractivity contribution in [3.8, 4) is 0 Å². The van der Waals surface area contributed by atoms with Crippen LogP contribution in [0.25, 0.3) is 0 Å². The highest BCUT2D eigenvalue weighted by Crippen LogP contribution is 2.35. The summed E-state index contributed by atoms with van der Waals surface area (Å²) in [7, 11) is 2.73. The number of carbonyl (C=O) groups is 4. The molecule has 0 saturated heterocycles. The van der Waals surface area contributed by atoms with Gasteiger partial charge in [-0.3, -0.25) is 19.2 Å². The van der Waals surface area contributed by atoms with Crippen molar-refractivity contribution in [2.75, 3.05) is 14.2 Å². The van der Waals surface area contributed by atoms with Crippen LogP contribution in [0.5, 0.6) is 0 Å². The van der Waals surface area contributed by atoms with E-state index in [2.05, 4.69) is 0 Å². The van der Waals surface area contributed by atoms with Crippen LogP contribution < -0.4 is 0 Å². The minimum absolute atomic E-state index is 0.0258. The quantitative estimate of drug-likeness (QED) is 0.677. The van der Waals surface area contributed by atoms with Crippen LogP contribution >= 0.6 is 0 Å². The zero-order valence-electron chi connectivity index (χ0n) is 18.1. The van der Waals surface area contributed by atoms with Crippen molar-refractivity contribution >= 4 is 23.1 Å². The molecule has 2 aliphatic carbocycles. The highest BCUT2D eigenvalue weighted by Gasteiger charge is 2.36. The predicted molar refractivity (Wildman–Crippen MR) is 117 cm³/mol. The Labute approximate surface area is 185 Å². The molecular formula is C26H22O6. The van der Waals surface area contributed by atoms with Gasteiger partial charge in [0.05, 0.1) is 14.2 Å². The molecule has 32 heavy (non-hydrogen) atoms. The molecule has 0 atom stereocenters. The van der Waals surface area contributed by atoms with Crippen molar-refractivity contribution in [1.29, 1.82) is 0 Å².